The van der Waals surface area contributed by atoms with E-state index in [0.29, 0.717) is 17.6 Å². The average Bonchev–Trinajstić information content (AvgIpc) is 1.84. The van der Waals surface area contributed by atoms with Crippen molar-refractivity contribution in [2.45, 2.75) is 12.5 Å². The van der Waals surface area contributed by atoms with Gasteiger partial charge in [0.1, 0.15) is 0 Å². The van der Waals surface area contributed by atoms with Crippen molar-refractivity contribution in [3.8, 4) is 0 Å². The van der Waals surface area contributed by atoms with Crippen LogP contribution in [0, 0.1) is 0 Å². The maximum absolute atomic E-state index is 10.3. The molecule has 0 aromatic carbocycles. The van der Waals surface area contributed by atoms with Crippen LogP contribution in [-0.2, 0) is 9.09 Å². The van der Waals surface area contributed by atoms with Crippen molar-refractivity contribution in [1.29, 1.82) is 0 Å². The van der Waals surface area contributed by atoms with Gasteiger partial charge in [0, 0.05) is 11.2 Å². The van der Waals surface area contributed by atoms with Crippen molar-refractivity contribution in [3.63, 3.8) is 0 Å². The minimum Gasteiger partial charge on any atom is -0.303 e. The van der Waals surface area contributed by atoms with Crippen LogP contribution >= 0.6 is 35.4 Å². The molecule has 7 heteroatoms. The van der Waals surface area contributed by atoms with Crippen LogP contribution in [-0.4, -0.2) is 27.1 Å². The van der Waals surface area contributed by atoms with Gasteiger partial charge in [-0.2, -0.15) is 0 Å². The molecule has 0 fully saturated rings. The number of rotatable bonds is 5. The molecule has 0 spiro atoms. The van der Waals surface area contributed by atoms with Gasteiger partial charge < -0.3 is 9.79 Å². The predicted molar refractivity (Wildman–Crippen MR) is 46.0 cm³/mol. The average molecular weight is 267 g/mol. The summed E-state index contributed by atoms with van der Waals surface area (Å²) in [7, 11) is -4.36. The molecule has 0 heterocycles. The molecule has 0 saturated heterocycles. The molecule has 0 saturated carbocycles. The normalized spacial score (nSPS) is 14.9. The number of phosphoric acid groups is 1. The van der Waals surface area contributed by atoms with E-state index in [4.69, 9.17) is 21.4 Å². The fraction of sp³-hybridized carbons (Fsp3) is 1.00. The lowest BCUT2D eigenvalue weighted by Crippen LogP contribution is -2.13. The van der Waals surface area contributed by atoms with Gasteiger partial charge in [-0.15, -0.1) is 11.6 Å². The fourth-order valence-corrected chi connectivity index (χ4v) is 1.95. The molecular weight excluding hydrogens is 258 g/mol. The summed E-state index contributed by atoms with van der Waals surface area (Å²) in [5.74, 6) is 0.316. The number of alkyl halides is 2. The second kappa shape index (κ2) is 5.51. The third kappa shape index (κ3) is 7.25. The smallest absolute Gasteiger partial charge is 0.303 e. The SMILES string of the molecule is O=P(O)(O)OC(CBr)CCCl. The molecule has 0 rings (SSSR count). The maximum Gasteiger partial charge on any atom is 0.469 e. The van der Waals surface area contributed by atoms with Crippen LogP contribution < -0.4 is 0 Å². The summed E-state index contributed by atoms with van der Waals surface area (Å²) in [6.07, 6.45) is -0.105. The Hall–Kier alpha value is 0.880. The van der Waals surface area contributed by atoms with Gasteiger partial charge in [-0.25, -0.2) is 4.57 Å². The highest BCUT2D eigenvalue weighted by Crippen LogP contribution is 2.38. The molecule has 2 N–H and O–H groups in total. The summed E-state index contributed by atoms with van der Waals surface area (Å²) in [6, 6.07) is 0. The first-order chi connectivity index (χ1) is 4.99. The summed E-state index contributed by atoms with van der Waals surface area (Å²) in [4.78, 5) is 16.7. The van der Waals surface area contributed by atoms with Crippen LogP contribution in [0.3, 0.4) is 0 Å². The summed E-state index contributed by atoms with van der Waals surface area (Å²) < 4.78 is 14.6. The van der Waals surface area contributed by atoms with E-state index in [-0.39, 0.29) is 0 Å². The third-order valence-electron chi connectivity index (χ3n) is 0.890. The van der Waals surface area contributed by atoms with Crippen molar-refractivity contribution >= 4 is 35.4 Å². The van der Waals surface area contributed by atoms with Crippen LogP contribution in [0.5, 0.6) is 0 Å². The Morgan fingerprint density at radius 2 is 2.18 bits per heavy atom. The Morgan fingerprint density at radius 1 is 1.64 bits per heavy atom. The van der Waals surface area contributed by atoms with Gasteiger partial charge in [0.15, 0.2) is 0 Å². The molecule has 11 heavy (non-hydrogen) atoms. The van der Waals surface area contributed by atoms with E-state index in [1.807, 2.05) is 0 Å². The molecule has 0 aliphatic heterocycles. The van der Waals surface area contributed by atoms with Crippen LogP contribution in [0.2, 0.25) is 0 Å². The molecule has 0 aromatic heterocycles. The lowest BCUT2D eigenvalue weighted by atomic mass is 10.3. The van der Waals surface area contributed by atoms with E-state index in [1.165, 1.54) is 0 Å². The first-order valence-electron chi connectivity index (χ1n) is 2.85. The van der Waals surface area contributed by atoms with E-state index < -0.39 is 13.9 Å². The van der Waals surface area contributed by atoms with Crippen LogP contribution in [0.25, 0.3) is 0 Å². The zero-order valence-electron chi connectivity index (χ0n) is 5.61. The van der Waals surface area contributed by atoms with Crippen molar-refractivity contribution in [2.24, 2.45) is 0 Å². The zero-order chi connectivity index (χ0) is 8.91. The van der Waals surface area contributed by atoms with E-state index in [1.54, 1.807) is 0 Å². The zero-order valence-corrected chi connectivity index (χ0v) is 8.85. The molecule has 0 amide bonds. The van der Waals surface area contributed by atoms with Gasteiger partial charge in [-0.05, 0) is 6.42 Å². The highest BCUT2D eigenvalue weighted by atomic mass is 79.9. The van der Waals surface area contributed by atoms with Crippen molar-refractivity contribution in [2.75, 3.05) is 11.2 Å². The molecule has 0 aliphatic carbocycles. The predicted octanol–water partition coefficient (Wildman–Crippen LogP) is 1.49. The molecule has 0 aliphatic rings. The van der Waals surface area contributed by atoms with E-state index in [9.17, 15) is 4.57 Å². The van der Waals surface area contributed by atoms with Gasteiger partial charge in [0.05, 0.1) is 6.10 Å². The first kappa shape index (κ1) is 11.9. The maximum atomic E-state index is 10.3. The lowest BCUT2D eigenvalue weighted by Gasteiger charge is -2.13. The van der Waals surface area contributed by atoms with Crippen molar-refractivity contribution in [3.05, 3.63) is 0 Å². The molecule has 1 atom stereocenters. The number of hydrogen-bond donors (Lipinski definition) is 2. The van der Waals surface area contributed by atoms with Crippen LogP contribution in [0.4, 0.5) is 0 Å². The number of phosphoric ester groups is 1. The number of halogens is 2. The molecular formula is C4H9BrClO4P. The van der Waals surface area contributed by atoms with Gasteiger partial charge in [0.25, 0.3) is 0 Å². The van der Waals surface area contributed by atoms with Crippen molar-refractivity contribution in [1.82, 2.24) is 0 Å². The molecule has 4 nitrogen and oxygen atoms in total. The van der Waals surface area contributed by atoms with Crippen LogP contribution in [0.1, 0.15) is 6.42 Å². The second-order valence-corrected chi connectivity index (χ2v) is 4.07. The highest BCUT2D eigenvalue weighted by molar-refractivity contribution is 9.09. The summed E-state index contributed by atoms with van der Waals surface area (Å²) in [5, 5.41) is 0.366. The summed E-state index contributed by atoms with van der Waals surface area (Å²) in [5.41, 5.74) is 0. The van der Waals surface area contributed by atoms with Gasteiger partial charge >= 0.3 is 7.82 Å². The minimum atomic E-state index is -4.36. The first-order valence-corrected chi connectivity index (χ1v) is 6.04. The van der Waals surface area contributed by atoms with Gasteiger partial charge in [-0.3, -0.25) is 4.52 Å². The molecule has 1 unspecified atom stereocenters. The fourth-order valence-electron chi connectivity index (χ4n) is 0.474. The minimum absolute atomic E-state index is 0.316. The van der Waals surface area contributed by atoms with Crippen LogP contribution in [0.15, 0.2) is 0 Å². The second-order valence-electron chi connectivity index (χ2n) is 1.85. The third-order valence-corrected chi connectivity index (χ3v) is 2.40. The molecule has 0 radical (unpaired) electrons. The Morgan fingerprint density at radius 3 is 2.45 bits per heavy atom. The van der Waals surface area contributed by atoms with Gasteiger partial charge in [0.2, 0.25) is 0 Å². The summed E-state index contributed by atoms with van der Waals surface area (Å²) >= 11 is 8.39. The molecule has 0 aromatic rings. The molecule has 68 valence electrons. The van der Waals surface area contributed by atoms with E-state index in [0.717, 1.165) is 0 Å². The largest absolute Gasteiger partial charge is 0.469 e. The topological polar surface area (TPSA) is 66.8 Å². The number of hydrogen-bond acceptors (Lipinski definition) is 2. The quantitative estimate of drug-likeness (QED) is 0.585. The monoisotopic (exact) mass is 266 g/mol. The van der Waals surface area contributed by atoms with E-state index in [2.05, 4.69) is 20.5 Å². The Bertz CT molecular complexity index is 149. The highest BCUT2D eigenvalue weighted by Gasteiger charge is 2.20. The summed E-state index contributed by atoms with van der Waals surface area (Å²) in [6.45, 7) is 0. The molecule has 0 bridgehead atoms. The standard InChI is InChI=1S/C4H9BrClO4P/c5-3-4(1-2-6)10-11(7,8)9/h4H,1-3H2,(H2,7,8,9). The lowest BCUT2D eigenvalue weighted by molar-refractivity contribution is 0.146. The Labute approximate surface area is 78.3 Å². The van der Waals surface area contributed by atoms with E-state index >= 15 is 0 Å². The Kier molecular flexibility index (Phi) is 5.95. The van der Waals surface area contributed by atoms with Crippen molar-refractivity contribution < 1.29 is 18.9 Å². The Balaban J connectivity index is 3.78. The van der Waals surface area contributed by atoms with Gasteiger partial charge in [-0.1, -0.05) is 15.9 Å².